The number of methoxy groups -OCH3 is 1. The van der Waals surface area contributed by atoms with Crippen molar-refractivity contribution in [2.75, 3.05) is 26.9 Å². The first-order chi connectivity index (χ1) is 16.8. The van der Waals surface area contributed by atoms with Crippen molar-refractivity contribution >= 4 is 12.0 Å². The Morgan fingerprint density at radius 3 is 2.34 bits per heavy atom. The van der Waals surface area contributed by atoms with Gasteiger partial charge in [0.15, 0.2) is 0 Å². The Kier molecular flexibility index (Phi) is 10.4. The molecule has 0 bridgehead atoms. The second kappa shape index (κ2) is 13.0. The summed E-state index contributed by atoms with van der Waals surface area (Å²) < 4.78 is 23.9. The van der Waals surface area contributed by atoms with Crippen molar-refractivity contribution in [3.05, 3.63) is 11.6 Å². The number of nitrogens with two attached hydrogens (primary N) is 1. The molecule has 2 saturated carbocycles. The van der Waals surface area contributed by atoms with Gasteiger partial charge in [0, 0.05) is 31.7 Å². The molecule has 1 heterocycles. The van der Waals surface area contributed by atoms with Gasteiger partial charge in [-0.05, 0) is 72.1 Å². The number of hydrogen-bond acceptors (Lipinski definition) is 7. The Labute approximate surface area is 209 Å². The first-order valence-electron chi connectivity index (χ1n) is 13.2. The van der Waals surface area contributed by atoms with Crippen molar-refractivity contribution < 1.29 is 28.5 Å². The summed E-state index contributed by atoms with van der Waals surface area (Å²) in [6.45, 7) is 7.59. The number of rotatable bonds is 11. The van der Waals surface area contributed by atoms with E-state index in [2.05, 4.69) is 30.6 Å². The summed E-state index contributed by atoms with van der Waals surface area (Å²) in [5.41, 5.74) is 6.46. The number of allylic oxidation sites excluding steroid dienone is 1. The maximum absolute atomic E-state index is 12.8. The lowest BCUT2D eigenvalue weighted by atomic mass is 9.72. The number of carbonyl (C=O) groups excluding carboxylic acids is 2. The molecule has 3 rings (SSSR count). The summed E-state index contributed by atoms with van der Waals surface area (Å²) in [5, 5.41) is 5.96. The topological polar surface area (TPSA) is 124 Å². The fourth-order valence-corrected chi connectivity index (χ4v) is 5.66. The Morgan fingerprint density at radius 1 is 1.14 bits per heavy atom. The van der Waals surface area contributed by atoms with Crippen LogP contribution in [0.3, 0.4) is 0 Å². The van der Waals surface area contributed by atoms with E-state index in [1.165, 1.54) is 5.57 Å². The SMILES string of the molecule is CCO[C@H](CC=C(C)C)CC1C(OC)C(OC(=O)N[C@H]2CC[C@H](NC(=O)CN)CC2)CC[C@]12CO2. The van der Waals surface area contributed by atoms with Gasteiger partial charge in [0.05, 0.1) is 31.0 Å². The van der Waals surface area contributed by atoms with Gasteiger partial charge in [0.25, 0.3) is 0 Å². The predicted molar refractivity (Wildman–Crippen MR) is 133 cm³/mol. The Bertz CT molecular complexity index is 729. The molecule has 3 fully saturated rings. The number of amides is 2. The number of carbonyl (C=O) groups is 2. The average Bonchev–Trinajstić information content (AvgIpc) is 3.61. The van der Waals surface area contributed by atoms with Gasteiger partial charge in [-0.3, -0.25) is 4.79 Å². The molecule has 1 aliphatic heterocycles. The number of alkyl carbamates (subject to hydrolysis) is 1. The van der Waals surface area contributed by atoms with Gasteiger partial charge in [0.1, 0.15) is 6.10 Å². The molecule has 3 unspecified atom stereocenters. The second-order valence-electron chi connectivity index (χ2n) is 10.4. The van der Waals surface area contributed by atoms with Gasteiger partial charge >= 0.3 is 6.09 Å². The highest BCUT2D eigenvalue weighted by Gasteiger charge is 2.59. The van der Waals surface area contributed by atoms with Crippen LogP contribution < -0.4 is 16.4 Å². The van der Waals surface area contributed by atoms with E-state index in [9.17, 15) is 9.59 Å². The highest BCUT2D eigenvalue weighted by atomic mass is 16.6. The minimum atomic E-state index is -0.399. The van der Waals surface area contributed by atoms with Crippen LogP contribution in [0.4, 0.5) is 4.79 Å². The zero-order valence-electron chi connectivity index (χ0n) is 21.8. The van der Waals surface area contributed by atoms with Crippen molar-refractivity contribution in [3.63, 3.8) is 0 Å². The minimum absolute atomic E-state index is 0.000139. The molecule has 9 nitrogen and oxygen atoms in total. The lowest BCUT2D eigenvalue weighted by Crippen LogP contribution is -2.52. The molecular weight excluding hydrogens is 450 g/mol. The van der Waals surface area contributed by atoms with Crippen LogP contribution in [0.25, 0.3) is 0 Å². The number of ether oxygens (including phenoxy) is 4. The quantitative estimate of drug-likeness (QED) is 0.297. The molecule has 200 valence electrons. The molecule has 35 heavy (non-hydrogen) atoms. The zero-order valence-corrected chi connectivity index (χ0v) is 21.8. The van der Waals surface area contributed by atoms with Crippen LogP contribution >= 0.6 is 0 Å². The molecule has 2 amide bonds. The summed E-state index contributed by atoms with van der Waals surface area (Å²) in [6.07, 6.45) is 7.74. The molecule has 0 aromatic heterocycles. The zero-order chi connectivity index (χ0) is 25.4. The van der Waals surface area contributed by atoms with Crippen LogP contribution in [0.5, 0.6) is 0 Å². The van der Waals surface area contributed by atoms with E-state index in [1.54, 1.807) is 7.11 Å². The van der Waals surface area contributed by atoms with Crippen molar-refractivity contribution in [2.45, 2.75) is 108 Å². The smallest absolute Gasteiger partial charge is 0.407 e. The summed E-state index contributed by atoms with van der Waals surface area (Å²) in [6, 6.07) is 0.162. The largest absolute Gasteiger partial charge is 0.443 e. The lowest BCUT2D eigenvalue weighted by molar-refractivity contribution is -0.120. The van der Waals surface area contributed by atoms with E-state index in [0.29, 0.717) is 13.0 Å². The van der Waals surface area contributed by atoms with E-state index < -0.39 is 6.09 Å². The molecule has 0 aromatic carbocycles. The van der Waals surface area contributed by atoms with Crippen molar-refractivity contribution in [3.8, 4) is 0 Å². The molecule has 0 radical (unpaired) electrons. The van der Waals surface area contributed by atoms with Gasteiger partial charge in [0.2, 0.25) is 5.91 Å². The number of epoxide rings is 1. The Balaban J connectivity index is 1.55. The van der Waals surface area contributed by atoms with E-state index in [1.807, 2.05) is 6.92 Å². The van der Waals surface area contributed by atoms with Gasteiger partial charge in [-0.15, -0.1) is 0 Å². The molecule has 1 saturated heterocycles. The van der Waals surface area contributed by atoms with Gasteiger partial charge in [-0.2, -0.15) is 0 Å². The van der Waals surface area contributed by atoms with E-state index in [0.717, 1.165) is 51.6 Å². The third-order valence-corrected chi connectivity index (χ3v) is 7.64. The predicted octanol–water partition coefficient (Wildman–Crippen LogP) is 2.81. The van der Waals surface area contributed by atoms with Crippen LogP contribution in [0.15, 0.2) is 11.6 Å². The number of hydrogen-bond donors (Lipinski definition) is 3. The monoisotopic (exact) mass is 495 g/mol. The maximum Gasteiger partial charge on any atom is 0.407 e. The van der Waals surface area contributed by atoms with Gasteiger partial charge in [-0.1, -0.05) is 11.6 Å². The highest BCUT2D eigenvalue weighted by Crippen LogP contribution is 2.50. The molecule has 3 aliphatic rings. The molecule has 1 spiro atoms. The van der Waals surface area contributed by atoms with Crippen LogP contribution in [-0.4, -0.2) is 74.9 Å². The fourth-order valence-electron chi connectivity index (χ4n) is 5.66. The summed E-state index contributed by atoms with van der Waals surface area (Å²) in [5.74, 6) is -0.0362. The van der Waals surface area contributed by atoms with Crippen LogP contribution in [-0.2, 0) is 23.7 Å². The normalized spacial score (nSPS) is 33.0. The molecule has 5 atom stereocenters. The van der Waals surface area contributed by atoms with E-state index in [-0.39, 0.29) is 54.4 Å². The Morgan fingerprint density at radius 2 is 1.80 bits per heavy atom. The third kappa shape index (κ3) is 7.90. The third-order valence-electron chi connectivity index (χ3n) is 7.64. The van der Waals surface area contributed by atoms with Crippen molar-refractivity contribution in [1.82, 2.24) is 10.6 Å². The highest BCUT2D eigenvalue weighted by molar-refractivity contribution is 5.78. The molecule has 2 aliphatic carbocycles. The fraction of sp³-hybridized carbons (Fsp3) is 0.846. The number of nitrogens with one attached hydrogen (secondary N) is 2. The Hall–Kier alpha value is -1.68. The maximum atomic E-state index is 12.8. The molecule has 4 N–H and O–H groups in total. The van der Waals surface area contributed by atoms with E-state index >= 15 is 0 Å². The molecular formula is C26H45N3O6. The van der Waals surface area contributed by atoms with Crippen molar-refractivity contribution in [2.24, 2.45) is 11.7 Å². The first kappa shape index (κ1) is 27.9. The van der Waals surface area contributed by atoms with Gasteiger partial charge < -0.3 is 35.3 Å². The summed E-state index contributed by atoms with van der Waals surface area (Å²) in [4.78, 5) is 24.3. The second-order valence-corrected chi connectivity index (χ2v) is 10.4. The van der Waals surface area contributed by atoms with Gasteiger partial charge in [-0.25, -0.2) is 4.79 Å². The molecule has 9 heteroatoms. The van der Waals surface area contributed by atoms with Crippen LogP contribution in [0.2, 0.25) is 0 Å². The van der Waals surface area contributed by atoms with E-state index in [4.69, 9.17) is 24.7 Å². The molecule has 0 aromatic rings. The average molecular weight is 496 g/mol. The standard InChI is InChI=1S/C26H45N3O6/c1-5-33-20(11-6-17(2)3)14-21-24(32-4)22(12-13-26(21)16-34-26)35-25(31)29-19-9-7-18(8-10-19)28-23(30)15-27/h6,18-22,24H,5,7-16,27H2,1-4H3,(H,28,30)(H,29,31)/t18-,19-,20-,21?,22?,24?,26+/m1/s1. The van der Waals surface area contributed by atoms with Crippen LogP contribution in [0.1, 0.15) is 72.1 Å². The summed E-state index contributed by atoms with van der Waals surface area (Å²) >= 11 is 0. The van der Waals surface area contributed by atoms with Crippen molar-refractivity contribution in [1.29, 1.82) is 0 Å². The lowest BCUT2D eigenvalue weighted by Gasteiger charge is -2.42. The van der Waals surface area contributed by atoms with Crippen LogP contribution in [0, 0.1) is 5.92 Å². The summed E-state index contributed by atoms with van der Waals surface area (Å²) in [7, 11) is 1.69. The first-order valence-corrected chi connectivity index (χ1v) is 13.2. The minimum Gasteiger partial charge on any atom is -0.443 e.